The summed E-state index contributed by atoms with van der Waals surface area (Å²) >= 11 is -3.65. The molecule has 0 saturated carbocycles. The van der Waals surface area contributed by atoms with E-state index in [2.05, 4.69) is 0 Å². The van der Waals surface area contributed by atoms with Crippen molar-refractivity contribution in [2.45, 2.75) is 0 Å². The molecule has 0 spiro atoms. The first-order valence-corrected chi connectivity index (χ1v) is 1.91. The molecule has 0 amide bonds. The zero-order valence-corrected chi connectivity index (χ0v) is 11.2. The normalized spacial score (nSPS) is 5.83. The molecule has 0 saturated heterocycles. The second-order valence-electron chi connectivity index (χ2n) is 0.189. The van der Waals surface area contributed by atoms with Crippen LogP contribution in [0.25, 0.3) is 0 Å². The van der Waals surface area contributed by atoms with Crippen LogP contribution in [0.15, 0.2) is 0 Å². The van der Waals surface area contributed by atoms with E-state index in [4.69, 9.17) is 12.2 Å². The van der Waals surface area contributed by atoms with Gasteiger partial charge in [-0.2, -0.15) is 0 Å². The van der Waals surface area contributed by atoms with Crippen molar-refractivity contribution in [2.24, 2.45) is 0 Å². The van der Waals surface area contributed by atoms with Gasteiger partial charge >= 0.3 is 108 Å². The van der Waals surface area contributed by atoms with Gasteiger partial charge in [0.25, 0.3) is 0 Å². The van der Waals surface area contributed by atoms with Crippen molar-refractivity contribution in [3.63, 3.8) is 0 Å². The summed E-state index contributed by atoms with van der Waals surface area (Å²) in [6, 6.07) is 0. The molecule has 0 fully saturated rings. The second kappa shape index (κ2) is 10.8. The van der Waals surface area contributed by atoms with Gasteiger partial charge in [-0.3, -0.25) is 0 Å². The fourth-order valence-electron chi connectivity index (χ4n) is 0. The molecular formula is LaMnO3Sr+3. The van der Waals surface area contributed by atoms with E-state index < -0.39 is 14.5 Å². The fourth-order valence-corrected chi connectivity index (χ4v) is 0. The minimum atomic E-state index is -3.65. The second-order valence-corrected chi connectivity index (χ2v) is 0.779. The molecule has 3 nitrogen and oxygen atoms in total. The molecule has 0 atom stereocenters. The van der Waals surface area contributed by atoms with Gasteiger partial charge in [0.05, 0.1) is 0 Å². The summed E-state index contributed by atoms with van der Waals surface area (Å²) in [6.45, 7) is 0. The molecule has 0 unspecified atom stereocenters. The Labute approximate surface area is 105 Å². The third-order valence-corrected chi connectivity index (χ3v) is 0. The Balaban J connectivity index is -0.0000000450. The maximum Gasteiger partial charge on any atom is 2.00 e. The van der Waals surface area contributed by atoms with Crippen LogP contribution < -0.4 is 8.38 Å². The predicted octanol–water partition coefficient (Wildman–Crippen LogP) is -2.88. The van der Waals surface area contributed by atoms with Gasteiger partial charge in [-0.15, -0.1) is 0 Å². The molecule has 0 aromatic carbocycles. The minimum absolute atomic E-state index is 0. The van der Waals surface area contributed by atoms with Gasteiger partial charge < -0.3 is 0 Å². The van der Waals surface area contributed by atoms with Crippen molar-refractivity contribution in [3.05, 3.63) is 0 Å². The Morgan fingerprint density at radius 2 is 1.33 bits per heavy atom. The van der Waals surface area contributed by atoms with Crippen molar-refractivity contribution in [1.82, 2.24) is 0 Å². The molecule has 0 N–H and O–H groups in total. The first-order chi connectivity index (χ1) is 1.73. The summed E-state index contributed by atoms with van der Waals surface area (Å²) in [6.07, 6.45) is 0. The van der Waals surface area contributed by atoms with Crippen molar-refractivity contribution < 1.29 is 62.3 Å². The van der Waals surface area contributed by atoms with E-state index in [9.17, 15) is 0 Å². The average molecular weight is 329 g/mol. The van der Waals surface area contributed by atoms with Crippen LogP contribution in [0.5, 0.6) is 0 Å². The molecule has 6 heavy (non-hydrogen) atoms. The van der Waals surface area contributed by atoms with Gasteiger partial charge in [0, 0.05) is 0 Å². The van der Waals surface area contributed by atoms with E-state index in [1.165, 1.54) is 0 Å². The maximum absolute atomic E-state index is 8.52. The van der Waals surface area contributed by atoms with Crippen LogP contribution >= 0.6 is 0 Å². The van der Waals surface area contributed by atoms with Gasteiger partial charge in [-0.1, -0.05) is 0 Å². The van der Waals surface area contributed by atoms with Crippen LogP contribution in [0.4, 0.5) is 0 Å². The zero-order chi connectivity index (χ0) is 3.58. The molecule has 0 aromatic heterocycles. The molecule has 0 aliphatic rings. The molecule has 0 rings (SSSR count). The number of rotatable bonds is 0. The Bertz CT molecular complexity index is 33.8. The van der Waals surface area contributed by atoms with Gasteiger partial charge in [0.2, 0.25) is 0 Å². The molecule has 0 bridgehead atoms. The summed E-state index contributed by atoms with van der Waals surface area (Å²) in [5.41, 5.74) is 0. The van der Waals surface area contributed by atoms with Crippen molar-refractivity contribution in [3.8, 4) is 0 Å². The zero-order valence-electron chi connectivity index (χ0n) is 2.89. The van der Waals surface area contributed by atoms with Crippen LogP contribution in [0.1, 0.15) is 0 Å². The fraction of sp³-hybridized carbons (Fsp3) is 0. The van der Waals surface area contributed by atoms with E-state index in [1.807, 2.05) is 0 Å². The average Bonchev–Trinajstić information content (AvgIpc) is 0.811. The number of hydrogen-bond acceptors (Lipinski definition) is 3. The van der Waals surface area contributed by atoms with Crippen LogP contribution in [-0.4, -0.2) is 45.5 Å². The van der Waals surface area contributed by atoms with Crippen LogP contribution in [-0.2, 0) is 18.3 Å². The Hall–Kier alpha value is 2.91. The van der Waals surface area contributed by atoms with Crippen LogP contribution in [0.3, 0.4) is 0 Å². The van der Waals surface area contributed by atoms with E-state index in [1.54, 1.807) is 0 Å². The maximum atomic E-state index is 8.52. The standard InChI is InChI=1S/La.Mn.3O.Sr/q+3;;;2*-1;+2. The Morgan fingerprint density at radius 3 is 1.33 bits per heavy atom. The van der Waals surface area contributed by atoms with Crippen LogP contribution in [0.2, 0.25) is 0 Å². The van der Waals surface area contributed by atoms with E-state index in [0.29, 0.717) is 0 Å². The molecule has 0 aliphatic carbocycles. The largest absolute Gasteiger partial charge is 2.00 e. The van der Waals surface area contributed by atoms with Gasteiger partial charge in [-0.25, -0.2) is 0 Å². The summed E-state index contributed by atoms with van der Waals surface area (Å²) in [4.78, 5) is 0. The summed E-state index contributed by atoms with van der Waals surface area (Å²) < 4.78 is 25.6. The smallest absolute Gasteiger partial charge is 2.00 e. The molecule has 0 heterocycles. The van der Waals surface area contributed by atoms with E-state index in [0.717, 1.165) is 0 Å². The van der Waals surface area contributed by atoms with Crippen LogP contribution in [0, 0.1) is 35.6 Å². The molecule has 0 radical (unpaired) electrons. The van der Waals surface area contributed by atoms with Gasteiger partial charge in [-0.05, 0) is 0 Å². The topological polar surface area (TPSA) is 63.2 Å². The molecular weight excluding hydrogens is 329 g/mol. The van der Waals surface area contributed by atoms with Gasteiger partial charge in [0.1, 0.15) is 0 Å². The molecule has 6 heteroatoms. The third kappa shape index (κ3) is 28.5. The first-order valence-electron chi connectivity index (χ1n) is 0.463. The SMILES string of the molecule is [La+3].[O]=[Mn]([O-])[O-].[Sr+2]. The van der Waals surface area contributed by atoms with Gasteiger partial charge in [0.15, 0.2) is 0 Å². The van der Waals surface area contributed by atoms with E-state index in [-0.39, 0.29) is 81.1 Å². The third-order valence-electron chi connectivity index (χ3n) is 0. The van der Waals surface area contributed by atoms with E-state index >= 15 is 0 Å². The Morgan fingerprint density at radius 1 is 1.33 bits per heavy atom. The monoisotopic (exact) mass is 330 g/mol. The predicted molar refractivity (Wildman–Crippen MR) is 6.44 cm³/mol. The number of hydrogen-bond donors (Lipinski definition) is 0. The summed E-state index contributed by atoms with van der Waals surface area (Å²) in [5, 5.41) is 0. The molecule has 27 valence electrons. The molecule has 0 aliphatic heterocycles. The van der Waals surface area contributed by atoms with Crippen molar-refractivity contribution >= 4 is 45.5 Å². The minimum Gasteiger partial charge on any atom is 2.00 e. The summed E-state index contributed by atoms with van der Waals surface area (Å²) in [7, 11) is 0. The van der Waals surface area contributed by atoms with Crippen molar-refractivity contribution in [1.29, 1.82) is 0 Å². The molecule has 0 aromatic rings. The quantitative estimate of drug-likeness (QED) is 0.449. The first kappa shape index (κ1) is 16.0. The van der Waals surface area contributed by atoms with Crippen molar-refractivity contribution in [2.75, 3.05) is 0 Å². The Kier molecular flexibility index (Phi) is 28.8. The summed E-state index contributed by atoms with van der Waals surface area (Å²) in [5.74, 6) is 0.